The van der Waals surface area contributed by atoms with E-state index in [-0.39, 0.29) is 29.6 Å². The van der Waals surface area contributed by atoms with E-state index in [2.05, 4.69) is 5.32 Å². The van der Waals surface area contributed by atoms with Crippen molar-refractivity contribution in [2.45, 2.75) is 25.3 Å². The highest BCUT2D eigenvalue weighted by Crippen LogP contribution is 2.38. The summed E-state index contributed by atoms with van der Waals surface area (Å²) in [4.78, 5) is 27.5. The van der Waals surface area contributed by atoms with E-state index in [1.165, 1.54) is 0 Å². The van der Waals surface area contributed by atoms with Crippen LogP contribution in [0.15, 0.2) is 54.6 Å². The number of amides is 2. The number of nitrogens with zero attached hydrogens (tertiary/aromatic N) is 1. The number of nitrogens with one attached hydrogen (secondary N) is 1. The lowest BCUT2D eigenvalue weighted by Crippen LogP contribution is -2.35. The molecule has 1 N–H and O–H groups in total. The Labute approximate surface area is 165 Å². The number of ether oxygens (including phenoxy) is 1. The van der Waals surface area contributed by atoms with Gasteiger partial charge in [0.05, 0.1) is 13.0 Å². The third-order valence-corrected chi connectivity index (χ3v) is 5.75. The van der Waals surface area contributed by atoms with E-state index in [1.807, 2.05) is 59.5 Å². The molecule has 0 radical (unpaired) electrons. The van der Waals surface area contributed by atoms with E-state index in [1.54, 1.807) is 7.11 Å². The summed E-state index contributed by atoms with van der Waals surface area (Å²) >= 11 is 0. The molecule has 5 heteroatoms. The van der Waals surface area contributed by atoms with Crippen LogP contribution in [0.25, 0.3) is 0 Å². The highest BCUT2D eigenvalue weighted by atomic mass is 16.5. The molecule has 1 heterocycles. The van der Waals surface area contributed by atoms with Gasteiger partial charge in [-0.3, -0.25) is 9.59 Å². The SMILES string of the molecule is COc1ccc([C@@H]2CN(C(=O)C3CC3)C[C@H]2C(=O)NCc2ccccc2)cc1. The molecule has 2 atom stereocenters. The molecule has 2 aliphatic rings. The van der Waals surface area contributed by atoms with E-state index in [4.69, 9.17) is 4.74 Å². The van der Waals surface area contributed by atoms with Crippen molar-refractivity contribution in [3.8, 4) is 5.75 Å². The molecule has 2 amide bonds. The fraction of sp³-hybridized carbons (Fsp3) is 0.391. The van der Waals surface area contributed by atoms with Gasteiger partial charge in [-0.15, -0.1) is 0 Å². The monoisotopic (exact) mass is 378 g/mol. The second kappa shape index (κ2) is 8.05. The number of carbonyl (C=O) groups excluding carboxylic acids is 2. The van der Waals surface area contributed by atoms with Crippen LogP contribution >= 0.6 is 0 Å². The molecule has 1 aliphatic carbocycles. The van der Waals surface area contributed by atoms with Gasteiger partial charge in [-0.2, -0.15) is 0 Å². The minimum absolute atomic E-state index is 0.00406. The number of rotatable bonds is 6. The van der Waals surface area contributed by atoms with Crippen molar-refractivity contribution < 1.29 is 14.3 Å². The molecule has 5 nitrogen and oxygen atoms in total. The molecule has 4 rings (SSSR count). The highest BCUT2D eigenvalue weighted by Gasteiger charge is 2.43. The van der Waals surface area contributed by atoms with Gasteiger partial charge in [0.25, 0.3) is 0 Å². The van der Waals surface area contributed by atoms with Crippen molar-refractivity contribution in [2.75, 3.05) is 20.2 Å². The molecular weight excluding hydrogens is 352 g/mol. The zero-order chi connectivity index (χ0) is 19.5. The molecule has 2 aromatic carbocycles. The van der Waals surface area contributed by atoms with Gasteiger partial charge in [0.2, 0.25) is 11.8 Å². The van der Waals surface area contributed by atoms with E-state index >= 15 is 0 Å². The van der Waals surface area contributed by atoms with Crippen LogP contribution < -0.4 is 10.1 Å². The Bertz CT molecular complexity index is 831. The largest absolute Gasteiger partial charge is 0.497 e. The standard InChI is InChI=1S/C23H26N2O3/c1-28-19-11-9-17(10-12-19)20-14-25(23(27)18-7-8-18)15-21(20)22(26)24-13-16-5-3-2-4-6-16/h2-6,9-12,18,20-21H,7-8,13-15H2,1H3,(H,24,26)/t20-,21+/m0/s1. The van der Waals surface area contributed by atoms with Gasteiger partial charge < -0.3 is 15.0 Å². The summed E-state index contributed by atoms with van der Waals surface area (Å²) in [6.45, 7) is 1.60. The number of hydrogen-bond donors (Lipinski definition) is 1. The highest BCUT2D eigenvalue weighted by molar-refractivity contribution is 5.85. The van der Waals surface area contributed by atoms with Crippen LogP contribution in [0.2, 0.25) is 0 Å². The maximum atomic E-state index is 13.0. The number of carbonyl (C=O) groups is 2. The summed E-state index contributed by atoms with van der Waals surface area (Å²) in [6.07, 6.45) is 1.96. The fourth-order valence-corrected chi connectivity index (χ4v) is 3.94. The Kier molecular flexibility index (Phi) is 5.33. The van der Waals surface area contributed by atoms with Gasteiger partial charge in [0.15, 0.2) is 0 Å². The van der Waals surface area contributed by atoms with Crippen LogP contribution in [0.3, 0.4) is 0 Å². The molecule has 2 fully saturated rings. The smallest absolute Gasteiger partial charge is 0.225 e. The first-order valence-electron chi connectivity index (χ1n) is 9.90. The zero-order valence-corrected chi connectivity index (χ0v) is 16.1. The lowest BCUT2D eigenvalue weighted by molar-refractivity contribution is -0.132. The third kappa shape index (κ3) is 4.03. The Morgan fingerprint density at radius 3 is 2.39 bits per heavy atom. The van der Waals surface area contributed by atoms with Gasteiger partial charge >= 0.3 is 0 Å². The molecule has 146 valence electrons. The van der Waals surface area contributed by atoms with Gasteiger partial charge in [0.1, 0.15) is 5.75 Å². The lowest BCUT2D eigenvalue weighted by Gasteiger charge is -2.18. The first kappa shape index (κ1) is 18.5. The third-order valence-electron chi connectivity index (χ3n) is 5.75. The van der Waals surface area contributed by atoms with Crippen molar-refractivity contribution in [3.63, 3.8) is 0 Å². The average molecular weight is 378 g/mol. The van der Waals surface area contributed by atoms with E-state index in [9.17, 15) is 9.59 Å². The van der Waals surface area contributed by atoms with Crippen molar-refractivity contribution in [2.24, 2.45) is 11.8 Å². The second-order valence-electron chi connectivity index (χ2n) is 7.71. The van der Waals surface area contributed by atoms with Crippen LogP contribution in [0.4, 0.5) is 0 Å². The summed E-state index contributed by atoms with van der Waals surface area (Å²) in [5, 5.41) is 3.07. The molecule has 1 saturated carbocycles. The molecule has 0 aromatic heterocycles. The minimum Gasteiger partial charge on any atom is -0.497 e. The molecule has 28 heavy (non-hydrogen) atoms. The van der Waals surface area contributed by atoms with Crippen LogP contribution in [0.1, 0.15) is 29.9 Å². The number of likely N-dealkylation sites (tertiary alicyclic amines) is 1. The minimum atomic E-state index is -0.236. The Hall–Kier alpha value is -2.82. The summed E-state index contributed by atoms with van der Waals surface area (Å²) in [6, 6.07) is 17.7. The summed E-state index contributed by atoms with van der Waals surface area (Å²) in [7, 11) is 1.64. The van der Waals surface area contributed by atoms with Crippen LogP contribution in [0, 0.1) is 11.8 Å². The van der Waals surface area contributed by atoms with Gasteiger partial charge in [-0.25, -0.2) is 0 Å². The average Bonchev–Trinajstić information content (AvgIpc) is 3.50. The molecular formula is C23H26N2O3. The van der Waals surface area contributed by atoms with Crippen molar-refractivity contribution in [3.05, 3.63) is 65.7 Å². The maximum absolute atomic E-state index is 13.0. The number of hydrogen-bond acceptors (Lipinski definition) is 3. The first-order valence-corrected chi connectivity index (χ1v) is 9.90. The van der Waals surface area contributed by atoms with Gasteiger partial charge in [-0.1, -0.05) is 42.5 Å². The Balaban J connectivity index is 1.50. The second-order valence-corrected chi connectivity index (χ2v) is 7.71. The number of methoxy groups -OCH3 is 1. The predicted octanol–water partition coefficient (Wildman–Crippen LogP) is 2.96. The summed E-state index contributed by atoms with van der Waals surface area (Å²) < 4.78 is 5.25. The predicted molar refractivity (Wildman–Crippen MR) is 107 cm³/mol. The van der Waals surface area contributed by atoms with E-state index in [0.717, 1.165) is 29.7 Å². The first-order chi connectivity index (χ1) is 13.7. The van der Waals surface area contributed by atoms with Crippen LogP contribution in [0.5, 0.6) is 5.75 Å². The summed E-state index contributed by atoms with van der Waals surface area (Å²) in [5.41, 5.74) is 2.15. The van der Waals surface area contributed by atoms with Crippen molar-refractivity contribution >= 4 is 11.8 Å². The van der Waals surface area contributed by atoms with Crippen molar-refractivity contribution in [1.82, 2.24) is 10.2 Å². The van der Waals surface area contributed by atoms with Gasteiger partial charge in [-0.05, 0) is 36.1 Å². The molecule has 1 saturated heterocycles. The summed E-state index contributed by atoms with van der Waals surface area (Å²) in [5.74, 6) is 0.942. The molecule has 0 unspecified atom stereocenters. The maximum Gasteiger partial charge on any atom is 0.225 e. The quantitative estimate of drug-likeness (QED) is 0.841. The van der Waals surface area contributed by atoms with E-state index < -0.39 is 0 Å². The normalized spacial score (nSPS) is 21.4. The topological polar surface area (TPSA) is 58.6 Å². The Morgan fingerprint density at radius 1 is 1.04 bits per heavy atom. The Morgan fingerprint density at radius 2 is 1.75 bits per heavy atom. The molecule has 2 aromatic rings. The van der Waals surface area contributed by atoms with Crippen LogP contribution in [-0.2, 0) is 16.1 Å². The van der Waals surface area contributed by atoms with Crippen molar-refractivity contribution in [1.29, 1.82) is 0 Å². The number of benzene rings is 2. The van der Waals surface area contributed by atoms with Gasteiger partial charge in [0, 0.05) is 31.5 Å². The van der Waals surface area contributed by atoms with Crippen LogP contribution in [-0.4, -0.2) is 36.9 Å². The molecule has 0 bridgehead atoms. The lowest BCUT2D eigenvalue weighted by atomic mass is 9.88. The zero-order valence-electron chi connectivity index (χ0n) is 16.1. The van der Waals surface area contributed by atoms with E-state index in [0.29, 0.717) is 19.6 Å². The fourth-order valence-electron chi connectivity index (χ4n) is 3.94. The molecule has 0 spiro atoms. The molecule has 1 aliphatic heterocycles.